The molecule has 1 rings (SSSR count). The lowest BCUT2D eigenvalue weighted by Gasteiger charge is -2.29. The van der Waals surface area contributed by atoms with Gasteiger partial charge < -0.3 is 20.1 Å². The lowest BCUT2D eigenvalue weighted by atomic mass is 9.93. The van der Waals surface area contributed by atoms with E-state index in [-0.39, 0.29) is 5.41 Å². The molecule has 0 heterocycles. The Balaban J connectivity index is 2.76. The van der Waals surface area contributed by atoms with Gasteiger partial charge in [-0.15, -0.1) is 0 Å². The van der Waals surface area contributed by atoms with E-state index in [0.717, 1.165) is 30.2 Å². The van der Waals surface area contributed by atoms with Crippen molar-refractivity contribution in [1.82, 2.24) is 4.90 Å². The third kappa shape index (κ3) is 4.73. The Bertz CT molecular complexity index is 405. The van der Waals surface area contributed by atoms with Crippen molar-refractivity contribution in [3.8, 4) is 11.5 Å². The Morgan fingerprint density at radius 3 is 2.42 bits per heavy atom. The van der Waals surface area contributed by atoms with Gasteiger partial charge in [-0.3, -0.25) is 0 Å². The molecule has 0 fully saturated rings. The molecule has 0 saturated carbocycles. The van der Waals surface area contributed by atoms with Crippen molar-refractivity contribution in [2.75, 3.05) is 34.4 Å². The average Bonchev–Trinajstić information content (AvgIpc) is 2.38. The first kappa shape index (κ1) is 15.8. The fraction of sp³-hybridized carbons (Fsp3) is 0.600. The minimum Gasteiger partial charge on any atom is -0.497 e. The van der Waals surface area contributed by atoms with Gasteiger partial charge in [0.25, 0.3) is 0 Å². The number of methoxy groups -OCH3 is 2. The van der Waals surface area contributed by atoms with E-state index >= 15 is 0 Å². The Labute approximate surface area is 116 Å². The van der Waals surface area contributed by atoms with E-state index in [9.17, 15) is 0 Å². The maximum absolute atomic E-state index is 5.77. The number of benzene rings is 1. The summed E-state index contributed by atoms with van der Waals surface area (Å²) in [6.07, 6.45) is 0. The number of rotatable bonds is 7. The van der Waals surface area contributed by atoms with Gasteiger partial charge in [-0.25, -0.2) is 0 Å². The van der Waals surface area contributed by atoms with Crippen LogP contribution in [0.3, 0.4) is 0 Å². The summed E-state index contributed by atoms with van der Waals surface area (Å²) in [5.41, 5.74) is 7.05. The zero-order valence-electron chi connectivity index (χ0n) is 12.7. The van der Waals surface area contributed by atoms with Crippen molar-refractivity contribution < 1.29 is 9.47 Å². The maximum atomic E-state index is 5.77. The first-order valence-electron chi connectivity index (χ1n) is 6.51. The highest BCUT2D eigenvalue weighted by molar-refractivity contribution is 5.40. The van der Waals surface area contributed by atoms with E-state index in [1.165, 1.54) is 0 Å². The van der Waals surface area contributed by atoms with E-state index in [1.807, 2.05) is 18.2 Å². The summed E-state index contributed by atoms with van der Waals surface area (Å²) >= 11 is 0. The largest absolute Gasteiger partial charge is 0.497 e. The van der Waals surface area contributed by atoms with Gasteiger partial charge in [0.15, 0.2) is 0 Å². The van der Waals surface area contributed by atoms with Crippen LogP contribution in [-0.2, 0) is 6.54 Å². The third-order valence-electron chi connectivity index (χ3n) is 3.19. The van der Waals surface area contributed by atoms with Gasteiger partial charge in [0.2, 0.25) is 0 Å². The highest BCUT2D eigenvalue weighted by Gasteiger charge is 2.19. The number of ether oxygens (including phenoxy) is 2. The second-order valence-electron chi connectivity index (χ2n) is 5.72. The molecule has 0 radical (unpaired) electrons. The summed E-state index contributed by atoms with van der Waals surface area (Å²) in [4.78, 5) is 2.26. The maximum Gasteiger partial charge on any atom is 0.127 e. The van der Waals surface area contributed by atoms with E-state index in [0.29, 0.717) is 6.54 Å². The molecule has 0 unspecified atom stereocenters. The molecule has 0 aliphatic heterocycles. The number of hydrogen-bond donors (Lipinski definition) is 1. The van der Waals surface area contributed by atoms with Crippen molar-refractivity contribution in [2.45, 2.75) is 20.4 Å². The standard InChI is InChI=1S/C15H26N2O2/c1-15(2,10-16)11-17(3)9-12-6-7-13(18-4)8-14(12)19-5/h6-8H,9-11,16H2,1-5H3. The summed E-state index contributed by atoms with van der Waals surface area (Å²) in [5.74, 6) is 1.67. The second-order valence-corrected chi connectivity index (χ2v) is 5.72. The molecule has 0 aliphatic carbocycles. The van der Waals surface area contributed by atoms with Crippen LogP contribution in [0.1, 0.15) is 19.4 Å². The normalized spacial score (nSPS) is 11.7. The lowest BCUT2D eigenvalue weighted by molar-refractivity contribution is 0.208. The molecular weight excluding hydrogens is 240 g/mol. The van der Waals surface area contributed by atoms with Crippen LogP contribution in [0.5, 0.6) is 11.5 Å². The molecule has 108 valence electrons. The number of hydrogen-bond acceptors (Lipinski definition) is 4. The van der Waals surface area contributed by atoms with Crippen molar-refractivity contribution in [3.05, 3.63) is 23.8 Å². The fourth-order valence-electron chi connectivity index (χ4n) is 2.12. The first-order valence-corrected chi connectivity index (χ1v) is 6.51. The predicted molar refractivity (Wildman–Crippen MR) is 78.7 cm³/mol. The highest BCUT2D eigenvalue weighted by atomic mass is 16.5. The molecule has 19 heavy (non-hydrogen) atoms. The molecule has 0 aromatic heterocycles. The molecule has 0 amide bonds. The highest BCUT2D eigenvalue weighted by Crippen LogP contribution is 2.26. The quantitative estimate of drug-likeness (QED) is 0.821. The first-order chi connectivity index (χ1) is 8.91. The smallest absolute Gasteiger partial charge is 0.127 e. The Kier molecular flexibility index (Phi) is 5.63. The molecule has 0 aliphatic rings. The van der Waals surface area contributed by atoms with Crippen LogP contribution in [0.4, 0.5) is 0 Å². The van der Waals surface area contributed by atoms with Crippen molar-refractivity contribution in [1.29, 1.82) is 0 Å². The summed E-state index contributed by atoms with van der Waals surface area (Å²) in [7, 11) is 5.44. The van der Waals surface area contributed by atoms with Gasteiger partial charge in [0, 0.05) is 24.7 Å². The molecule has 2 N–H and O–H groups in total. The van der Waals surface area contributed by atoms with Gasteiger partial charge in [-0.05, 0) is 25.1 Å². The molecule has 4 heteroatoms. The monoisotopic (exact) mass is 266 g/mol. The van der Waals surface area contributed by atoms with Gasteiger partial charge in [-0.1, -0.05) is 19.9 Å². The summed E-state index contributed by atoms with van der Waals surface area (Å²) < 4.78 is 10.6. The summed E-state index contributed by atoms with van der Waals surface area (Å²) in [5, 5.41) is 0. The number of nitrogens with zero attached hydrogens (tertiary/aromatic N) is 1. The molecule has 1 aromatic carbocycles. The zero-order chi connectivity index (χ0) is 14.5. The SMILES string of the molecule is COc1ccc(CN(C)CC(C)(C)CN)c(OC)c1. The van der Waals surface area contributed by atoms with Crippen LogP contribution >= 0.6 is 0 Å². The molecule has 0 spiro atoms. The summed E-state index contributed by atoms with van der Waals surface area (Å²) in [6.45, 7) is 6.80. The zero-order valence-corrected chi connectivity index (χ0v) is 12.7. The minimum atomic E-state index is 0.119. The predicted octanol–water partition coefficient (Wildman–Crippen LogP) is 2.12. The van der Waals surface area contributed by atoms with Crippen LogP contribution in [0.15, 0.2) is 18.2 Å². The van der Waals surface area contributed by atoms with Gasteiger partial charge in [0.1, 0.15) is 11.5 Å². The Morgan fingerprint density at radius 2 is 1.89 bits per heavy atom. The van der Waals surface area contributed by atoms with Gasteiger partial charge >= 0.3 is 0 Å². The topological polar surface area (TPSA) is 47.7 Å². The van der Waals surface area contributed by atoms with Crippen LogP contribution in [0.25, 0.3) is 0 Å². The van der Waals surface area contributed by atoms with Crippen molar-refractivity contribution >= 4 is 0 Å². The summed E-state index contributed by atoms with van der Waals surface area (Å²) in [6, 6.07) is 5.92. The third-order valence-corrected chi connectivity index (χ3v) is 3.19. The van der Waals surface area contributed by atoms with Gasteiger partial charge in [0.05, 0.1) is 14.2 Å². The molecule has 0 bridgehead atoms. The lowest BCUT2D eigenvalue weighted by Crippen LogP contribution is -2.36. The van der Waals surface area contributed by atoms with E-state index in [4.69, 9.17) is 15.2 Å². The van der Waals surface area contributed by atoms with Crippen molar-refractivity contribution in [3.63, 3.8) is 0 Å². The average molecular weight is 266 g/mol. The molecule has 1 aromatic rings. The van der Waals surface area contributed by atoms with Crippen LogP contribution in [-0.4, -0.2) is 39.3 Å². The minimum absolute atomic E-state index is 0.119. The van der Waals surface area contributed by atoms with E-state index in [2.05, 4.69) is 25.8 Å². The number of nitrogens with two attached hydrogens (primary N) is 1. The molecule has 0 saturated heterocycles. The molecular formula is C15H26N2O2. The van der Waals surface area contributed by atoms with Crippen LogP contribution < -0.4 is 15.2 Å². The Hall–Kier alpha value is -1.26. The van der Waals surface area contributed by atoms with Crippen LogP contribution in [0.2, 0.25) is 0 Å². The molecule has 0 atom stereocenters. The van der Waals surface area contributed by atoms with Crippen LogP contribution in [0, 0.1) is 5.41 Å². The fourth-order valence-corrected chi connectivity index (χ4v) is 2.12. The van der Waals surface area contributed by atoms with Gasteiger partial charge in [-0.2, -0.15) is 0 Å². The second kappa shape index (κ2) is 6.78. The van der Waals surface area contributed by atoms with Crippen molar-refractivity contribution in [2.24, 2.45) is 11.1 Å². The molecule has 4 nitrogen and oxygen atoms in total. The Morgan fingerprint density at radius 1 is 1.21 bits per heavy atom. The van der Waals surface area contributed by atoms with E-state index < -0.39 is 0 Å². The van der Waals surface area contributed by atoms with E-state index in [1.54, 1.807) is 14.2 Å².